The van der Waals surface area contributed by atoms with Gasteiger partial charge in [0.2, 0.25) is 5.91 Å². The molecule has 5 rings (SSSR count). The smallest absolute Gasteiger partial charge is 0.252 e. The largest absolute Gasteiger partial charge is 0.489 e. The first kappa shape index (κ1) is 20.3. The standard InChI is InChI=1S/C24H21N5O2S/c1-16-21-22(18-8-10-19(11-9-18)31-14-17-6-3-2-4-7-17)32-15-20(30)27-23(21)29(28-16)24-25-12-5-13-26-24/h2-13,22H,14-15H2,1H3,(H,27,30). The molecule has 3 heterocycles. The van der Waals surface area contributed by atoms with Gasteiger partial charge in [0.25, 0.3) is 5.95 Å². The van der Waals surface area contributed by atoms with E-state index in [-0.39, 0.29) is 11.2 Å². The second kappa shape index (κ2) is 8.84. The van der Waals surface area contributed by atoms with Gasteiger partial charge in [-0.15, -0.1) is 11.8 Å². The summed E-state index contributed by atoms with van der Waals surface area (Å²) < 4.78 is 7.53. The highest BCUT2D eigenvalue weighted by atomic mass is 32.2. The lowest BCUT2D eigenvalue weighted by atomic mass is 10.0. The average Bonchev–Trinajstić information content (AvgIpc) is 3.04. The summed E-state index contributed by atoms with van der Waals surface area (Å²) in [6, 6.07) is 19.9. The molecule has 0 saturated carbocycles. The van der Waals surface area contributed by atoms with E-state index in [4.69, 9.17) is 4.74 Å². The van der Waals surface area contributed by atoms with Crippen LogP contribution in [0.3, 0.4) is 0 Å². The van der Waals surface area contributed by atoms with E-state index in [9.17, 15) is 4.79 Å². The van der Waals surface area contributed by atoms with Crippen molar-refractivity contribution in [3.63, 3.8) is 0 Å². The van der Waals surface area contributed by atoms with E-state index >= 15 is 0 Å². The van der Waals surface area contributed by atoms with Crippen molar-refractivity contribution >= 4 is 23.5 Å². The Balaban J connectivity index is 1.44. The number of hydrogen-bond donors (Lipinski definition) is 1. The lowest BCUT2D eigenvalue weighted by Crippen LogP contribution is -2.16. The van der Waals surface area contributed by atoms with Crippen LogP contribution in [0.2, 0.25) is 0 Å². The van der Waals surface area contributed by atoms with E-state index in [1.54, 1.807) is 34.9 Å². The molecule has 4 aromatic rings. The summed E-state index contributed by atoms with van der Waals surface area (Å²) in [5, 5.41) is 7.58. The van der Waals surface area contributed by atoms with Gasteiger partial charge in [0.1, 0.15) is 18.2 Å². The summed E-state index contributed by atoms with van der Waals surface area (Å²) in [6.45, 7) is 2.46. The Labute approximate surface area is 189 Å². The number of benzene rings is 2. The maximum atomic E-state index is 12.5. The van der Waals surface area contributed by atoms with Crippen molar-refractivity contribution in [3.05, 3.63) is 95.4 Å². The van der Waals surface area contributed by atoms with Crippen molar-refractivity contribution in [2.45, 2.75) is 18.8 Å². The van der Waals surface area contributed by atoms with Crippen LogP contribution in [0, 0.1) is 6.92 Å². The second-order valence-electron chi connectivity index (χ2n) is 7.39. The second-order valence-corrected chi connectivity index (χ2v) is 8.48. The molecule has 0 spiro atoms. The molecular weight excluding hydrogens is 422 g/mol. The predicted octanol–water partition coefficient (Wildman–Crippen LogP) is 4.32. The van der Waals surface area contributed by atoms with Crippen LogP contribution in [0.1, 0.15) is 27.6 Å². The lowest BCUT2D eigenvalue weighted by Gasteiger charge is -2.16. The molecular formula is C24H21N5O2S. The Bertz CT molecular complexity index is 1230. The van der Waals surface area contributed by atoms with Crippen LogP contribution < -0.4 is 10.1 Å². The zero-order chi connectivity index (χ0) is 21.9. The molecule has 1 atom stereocenters. The molecule has 1 unspecified atom stereocenters. The molecule has 0 bridgehead atoms. The monoisotopic (exact) mass is 443 g/mol. The number of carbonyl (C=O) groups is 1. The molecule has 2 aromatic heterocycles. The molecule has 8 heteroatoms. The van der Waals surface area contributed by atoms with E-state index in [1.807, 2.05) is 61.5 Å². The summed E-state index contributed by atoms with van der Waals surface area (Å²) in [5.41, 5.74) is 4.00. The number of nitrogens with one attached hydrogen (secondary N) is 1. The number of ether oxygens (including phenoxy) is 1. The van der Waals surface area contributed by atoms with Gasteiger partial charge in [0.05, 0.1) is 16.7 Å². The summed E-state index contributed by atoms with van der Waals surface area (Å²) in [5.74, 6) is 2.13. The molecule has 0 fully saturated rings. The molecule has 32 heavy (non-hydrogen) atoms. The zero-order valence-electron chi connectivity index (χ0n) is 17.4. The van der Waals surface area contributed by atoms with E-state index in [0.717, 1.165) is 28.1 Å². The molecule has 0 radical (unpaired) electrons. The van der Waals surface area contributed by atoms with Crippen LogP contribution in [0.5, 0.6) is 5.75 Å². The van der Waals surface area contributed by atoms with Crippen molar-refractivity contribution < 1.29 is 9.53 Å². The number of carbonyl (C=O) groups excluding carboxylic acids is 1. The van der Waals surface area contributed by atoms with Gasteiger partial charge in [-0.1, -0.05) is 42.5 Å². The van der Waals surface area contributed by atoms with E-state index in [2.05, 4.69) is 20.4 Å². The predicted molar refractivity (Wildman–Crippen MR) is 124 cm³/mol. The van der Waals surface area contributed by atoms with Gasteiger partial charge in [-0.05, 0) is 36.2 Å². The van der Waals surface area contributed by atoms with Gasteiger partial charge in [-0.3, -0.25) is 4.79 Å². The van der Waals surface area contributed by atoms with Gasteiger partial charge < -0.3 is 10.1 Å². The van der Waals surface area contributed by atoms with E-state index in [0.29, 0.717) is 24.1 Å². The van der Waals surface area contributed by atoms with Gasteiger partial charge in [0.15, 0.2) is 0 Å². The minimum atomic E-state index is -0.0707. The number of thioether (sulfide) groups is 1. The molecule has 0 saturated heterocycles. The quantitative estimate of drug-likeness (QED) is 0.495. The van der Waals surface area contributed by atoms with Crippen molar-refractivity contribution in [3.8, 4) is 11.7 Å². The van der Waals surface area contributed by atoms with E-state index in [1.165, 1.54) is 0 Å². The Morgan fingerprint density at radius 1 is 1.06 bits per heavy atom. The third kappa shape index (κ3) is 4.09. The highest BCUT2D eigenvalue weighted by Crippen LogP contribution is 2.43. The maximum absolute atomic E-state index is 12.5. The van der Waals surface area contributed by atoms with Crippen LogP contribution in [-0.4, -0.2) is 31.4 Å². The Morgan fingerprint density at radius 3 is 2.56 bits per heavy atom. The summed E-state index contributed by atoms with van der Waals surface area (Å²) in [6.07, 6.45) is 3.31. The number of aryl methyl sites for hydroxylation is 1. The molecule has 2 aromatic carbocycles. The lowest BCUT2D eigenvalue weighted by molar-refractivity contribution is -0.113. The fourth-order valence-corrected chi connectivity index (χ4v) is 4.86. The zero-order valence-corrected chi connectivity index (χ0v) is 18.2. The van der Waals surface area contributed by atoms with Gasteiger partial charge in [-0.25, -0.2) is 9.97 Å². The molecule has 1 N–H and O–H groups in total. The molecule has 1 aliphatic rings. The third-order valence-corrected chi connectivity index (χ3v) is 6.45. The molecule has 1 amide bonds. The van der Waals surface area contributed by atoms with Crippen molar-refractivity contribution in [2.75, 3.05) is 11.1 Å². The number of amides is 1. The van der Waals surface area contributed by atoms with Crippen molar-refractivity contribution in [1.82, 2.24) is 19.7 Å². The minimum absolute atomic E-state index is 0.0513. The number of hydrogen-bond acceptors (Lipinski definition) is 6. The fraction of sp³-hybridized carbons (Fsp3) is 0.167. The van der Waals surface area contributed by atoms with Crippen molar-refractivity contribution in [1.29, 1.82) is 0 Å². The van der Waals surface area contributed by atoms with Crippen LogP contribution in [0.25, 0.3) is 5.95 Å². The highest BCUT2D eigenvalue weighted by Gasteiger charge is 2.31. The van der Waals surface area contributed by atoms with Crippen molar-refractivity contribution in [2.24, 2.45) is 0 Å². The maximum Gasteiger partial charge on any atom is 0.252 e. The van der Waals surface area contributed by atoms with Crippen LogP contribution in [0.15, 0.2) is 73.1 Å². The number of rotatable bonds is 5. The van der Waals surface area contributed by atoms with Crippen LogP contribution in [0.4, 0.5) is 5.82 Å². The summed E-state index contributed by atoms with van der Waals surface area (Å²) >= 11 is 1.58. The average molecular weight is 444 g/mol. The Kier molecular flexibility index (Phi) is 5.60. The summed E-state index contributed by atoms with van der Waals surface area (Å²) in [7, 11) is 0. The Morgan fingerprint density at radius 2 is 1.81 bits per heavy atom. The SMILES string of the molecule is Cc1nn(-c2ncccn2)c2c1C(c1ccc(OCc3ccccc3)cc1)SCC(=O)N2. The minimum Gasteiger partial charge on any atom is -0.489 e. The number of anilines is 1. The Hall–Kier alpha value is -3.65. The molecule has 7 nitrogen and oxygen atoms in total. The van der Waals surface area contributed by atoms with Crippen LogP contribution >= 0.6 is 11.8 Å². The number of aromatic nitrogens is 4. The first-order valence-corrected chi connectivity index (χ1v) is 11.3. The highest BCUT2D eigenvalue weighted by molar-refractivity contribution is 8.00. The molecule has 0 aliphatic carbocycles. The topological polar surface area (TPSA) is 81.9 Å². The van der Waals surface area contributed by atoms with E-state index < -0.39 is 0 Å². The van der Waals surface area contributed by atoms with Gasteiger partial charge in [-0.2, -0.15) is 9.78 Å². The number of fused-ring (bicyclic) bond motifs is 1. The third-order valence-electron chi connectivity index (χ3n) is 5.18. The molecule has 160 valence electrons. The summed E-state index contributed by atoms with van der Waals surface area (Å²) in [4.78, 5) is 21.0. The van der Waals surface area contributed by atoms with Crippen LogP contribution in [-0.2, 0) is 11.4 Å². The fourth-order valence-electron chi connectivity index (χ4n) is 3.67. The van der Waals surface area contributed by atoms with Gasteiger partial charge in [0, 0.05) is 18.0 Å². The first-order chi connectivity index (χ1) is 15.7. The van der Waals surface area contributed by atoms with Gasteiger partial charge >= 0.3 is 0 Å². The number of nitrogens with zero attached hydrogens (tertiary/aromatic N) is 4. The molecule has 1 aliphatic heterocycles. The normalized spacial score (nSPS) is 15.5. The first-order valence-electron chi connectivity index (χ1n) is 10.2.